The van der Waals surface area contributed by atoms with Crippen molar-refractivity contribution < 1.29 is 0 Å². The maximum atomic E-state index is 4.78. The lowest BCUT2D eigenvalue weighted by Crippen LogP contribution is -2.46. The van der Waals surface area contributed by atoms with Gasteiger partial charge in [0.1, 0.15) is 11.6 Å². The van der Waals surface area contributed by atoms with Gasteiger partial charge in [0, 0.05) is 51.6 Å². The molecule has 164 valence electrons. The van der Waals surface area contributed by atoms with Crippen molar-refractivity contribution in [3.63, 3.8) is 0 Å². The molecule has 0 amide bonds. The summed E-state index contributed by atoms with van der Waals surface area (Å²) in [4.78, 5) is 7.43. The Morgan fingerprint density at radius 3 is 2.83 bits per heavy atom. The molecule has 0 bridgehead atoms. The Bertz CT molecular complexity index is 625. The van der Waals surface area contributed by atoms with Crippen molar-refractivity contribution in [3.8, 4) is 0 Å². The fraction of sp³-hybridized carbons (Fsp3) is 0.864. The summed E-state index contributed by atoms with van der Waals surface area (Å²) in [5.74, 6) is 3.27. The van der Waals surface area contributed by atoms with Crippen LogP contribution in [-0.2, 0) is 19.4 Å². The van der Waals surface area contributed by atoms with Crippen LogP contribution in [0.25, 0.3) is 0 Å². The highest BCUT2D eigenvalue weighted by Gasteiger charge is 2.20. The maximum absolute atomic E-state index is 4.78. The quantitative estimate of drug-likeness (QED) is 0.377. The maximum Gasteiger partial charge on any atom is 0.191 e. The minimum atomic E-state index is 0.767. The van der Waals surface area contributed by atoms with Crippen molar-refractivity contribution in [3.05, 3.63) is 11.6 Å². The van der Waals surface area contributed by atoms with Crippen LogP contribution in [0, 0.1) is 0 Å². The molecule has 0 saturated carbocycles. The van der Waals surface area contributed by atoms with E-state index >= 15 is 0 Å². The van der Waals surface area contributed by atoms with Crippen molar-refractivity contribution in [2.24, 2.45) is 4.99 Å². The van der Waals surface area contributed by atoms with E-state index in [-0.39, 0.29) is 0 Å². The number of hydrogen-bond donors (Lipinski definition) is 2. The normalized spacial score (nSPS) is 20.9. The molecule has 7 heteroatoms. The zero-order chi connectivity index (χ0) is 20.3. The summed E-state index contributed by atoms with van der Waals surface area (Å²) >= 11 is 0. The molecule has 0 aromatic carbocycles. The summed E-state index contributed by atoms with van der Waals surface area (Å²) in [6, 6.07) is 0.767. The number of guanidine groups is 1. The fourth-order valence-corrected chi connectivity index (χ4v) is 4.63. The van der Waals surface area contributed by atoms with Gasteiger partial charge >= 0.3 is 0 Å². The molecule has 2 N–H and O–H groups in total. The van der Waals surface area contributed by atoms with Gasteiger partial charge in [0.25, 0.3) is 0 Å². The highest BCUT2D eigenvalue weighted by atomic mass is 15.3. The van der Waals surface area contributed by atoms with Gasteiger partial charge in [-0.2, -0.15) is 0 Å². The van der Waals surface area contributed by atoms with E-state index in [9.17, 15) is 0 Å². The van der Waals surface area contributed by atoms with E-state index in [1.807, 2.05) is 0 Å². The highest BCUT2D eigenvalue weighted by Crippen LogP contribution is 2.18. The molecular formula is C22H41N7. The first kappa shape index (κ1) is 22.1. The Hall–Kier alpha value is -1.63. The van der Waals surface area contributed by atoms with Gasteiger partial charge in [-0.3, -0.25) is 9.89 Å². The molecule has 1 unspecified atom stereocenters. The lowest BCUT2D eigenvalue weighted by Gasteiger charge is -2.35. The van der Waals surface area contributed by atoms with Crippen LogP contribution in [0.4, 0.5) is 0 Å². The third kappa shape index (κ3) is 6.69. The Labute approximate surface area is 176 Å². The Kier molecular flexibility index (Phi) is 9.25. The van der Waals surface area contributed by atoms with Gasteiger partial charge in [0.05, 0.1) is 0 Å². The second-order valence-electron chi connectivity index (χ2n) is 8.38. The van der Waals surface area contributed by atoms with E-state index < -0.39 is 0 Å². The minimum Gasteiger partial charge on any atom is -0.357 e. The smallest absolute Gasteiger partial charge is 0.191 e. The summed E-state index contributed by atoms with van der Waals surface area (Å²) in [5.41, 5.74) is 0. The van der Waals surface area contributed by atoms with E-state index in [0.29, 0.717) is 0 Å². The largest absolute Gasteiger partial charge is 0.357 e. The molecule has 1 aromatic rings. The van der Waals surface area contributed by atoms with Crippen LogP contribution in [0.5, 0.6) is 0 Å². The van der Waals surface area contributed by atoms with Gasteiger partial charge in [-0.05, 0) is 52.0 Å². The Morgan fingerprint density at radius 2 is 1.97 bits per heavy atom. The number of nitrogens with zero attached hydrogens (tertiary/aromatic N) is 5. The summed E-state index contributed by atoms with van der Waals surface area (Å²) < 4.78 is 2.35. The monoisotopic (exact) mass is 403 g/mol. The molecule has 1 aromatic heterocycles. The topological polar surface area (TPSA) is 70.4 Å². The van der Waals surface area contributed by atoms with Gasteiger partial charge in [0.2, 0.25) is 0 Å². The molecule has 2 aliphatic rings. The van der Waals surface area contributed by atoms with Crippen LogP contribution in [0.3, 0.4) is 0 Å². The SMILES string of the molecule is CCNC(=NCCCc1nnc2n1CCCCC2)NCCN1CCCCC1CC. The molecular weight excluding hydrogens is 362 g/mol. The molecule has 29 heavy (non-hydrogen) atoms. The number of aliphatic imine (C=N–C) groups is 1. The Morgan fingerprint density at radius 1 is 1.07 bits per heavy atom. The number of fused-ring (bicyclic) bond motifs is 1. The first-order chi connectivity index (χ1) is 14.3. The fourth-order valence-electron chi connectivity index (χ4n) is 4.63. The van der Waals surface area contributed by atoms with Crippen LogP contribution in [-0.4, -0.2) is 64.4 Å². The summed E-state index contributed by atoms with van der Waals surface area (Å²) in [6.45, 7) is 10.5. The van der Waals surface area contributed by atoms with Gasteiger partial charge < -0.3 is 15.2 Å². The van der Waals surface area contributed by atoms with Gasteiger partial charge in [-0.25, -0.2) is 0 Å². The number of hydrogen-bond acceptors (Lipinski definition) is 4. The lowest BCUT2D eigenvalue weighted by atomic mass is 10.0. The molecule has 7 nitrogen and oxygen atoms in total. The summed E-state index contributed by atoms with van der Waals surface area (Å²) in [5, 5.41) is 15.8. The number of likely N-dealkylation sites (tertiary alicyclic amines) is 1. The van der Waals surface area contributed by atoms with Crippen LogP contribution in [0.2, 0.25) is 0 Å². The van der Waals surface area contributed by atoms with Crippen LogP contribution < -0.4 is 10.6 Å². The van der Waals surface area contributed by atoms with Crippen LogP contribution in [0.15, 0.2) is 4.99 Å². The standard InChI is InChI=1S/C22H41N7/c1-3-19-11-7-9-16-28(19)18-15-25-22(23-4-2)24-14-10-13-21-27-26-20-12-6-5-8-17-29(20)21/h19H,3-18H2,1-2H3,(H2,23,24,25). The minimum absolute atomic E-state index is 0.767. The van der Waals surface area contributed by atoms with E-state index in [0.717, 1.165) is 69.8 Å². The second kappa shape index (κ2) is 12.2. The van der Waals surface area contributed by atoms with Crippen molar-refractivity contribution in [1.29, 1.82) is 0 Å². The number of aromatic nitrogens is 3. The summed E-state index contributed by atoms with van der Waals surface area (Å²) in [7, 11) is 0. The zero-order valence-corrected chi connectivity index (χ0v) is 18.6. The number of nitrogens with one attached hydrogen (secondary N) is 2. The number of rotatable bonds is 9. The number of aryl methyl sites for hydroxylation is 2. The molecule has 0 aliphatic carbocycles. The highest BCUT2D eigenvalue weighted by molar-refractivity contribution is 5.79. The lowest BCUT2D eigenvalue weighted by molar-refractivity contribution is 0.147. The van der Waals surface area contributed by atoms with Gasteiger partial charge in [-0.1, -0.05) is 19.8 Å². The third-order valence-electron chi connectivity index (χ3n) is 6.27. The average Bonchev–Trinajstić information content (AvgIpc) is 2.97. The Balaban J connectivity index is 1.41. The molecule has 1 fully saturated rings. The predicted octanol–water partition coefficient (Wildman–Crippen LogP) is 2.76. The molecule has 1 saturated heterocycles. The summed E-state index contributed by atoms with van der Waals surface area (Å²) in [6.07, 6.45) is 12.2. The van der Waals surface area contributed by atoms with E-state index in [4.69, 9.17) is 4.99 Å². The zero-order valence-electron chi connectivity index (χ0n) is 18.6. The molecule has 0 spiro atoms. The van der Waals surface area contributed by atoms with Crippen LogP contribution in [0.1, 0.15) is 76.9 Å². The van der Waals surface area contributed by atoms with E-state index in [1.54, 1.807) is 0 Å². The van der Waals surface area contributed by atoms with E-state index in [2.05, 4.69) is 44.1 Å². The number of piperidine rings is 1. The van der Waals surface area contributed by atoms with Gasteiger partial charge in [0.15, 0.2) is 5.96 Å². The molecule has 2 aliphatic heterocycles. The van der Waals surface area contributed by atoms with Gasteiger partial charge in [-0.15, -0.1) is 10.2 Å². The molecule has 3 rings (SSSR count). The molecule has 0 radical (unpaired) electrons. The van der Waals surface area contributed by atoms with Crippen molar-refractivity contribution in [2.75, 3.05) is 32.7 Å². The van der Waals surface area contributed by atoms with E-state index in [1.165, 1.54) is 57.3 Å². The molecule has 1 atom stereocenters. The first-order valence-corrected chi connectivity index (χ1v) is 12.0. The van der Waals surface area contributed by atoms with Crippen molar-refractivity contribution >= 4 is 5.96 Å². The molecule has 3 heterocycles. The first-order valence-electron chi connectivity index (χ1n) is 12.0. The second-order valence-corrected chi connectivity index (χ2v) is 8.38. The van der Waals surface area contributed by atoms with Crippen LogP contribution >= 0.6 is 0 Å². The predicted molar refractivity (Wildman–Crippen MR) is 119 cm³/mol. The van der Waals surface area contributed by atoms with Crippen molar-refractivity contribution in [1.82, 2.24) is 30.3 Å². The third-order valence-corrected chi connectivity index (χ3v) is 6.27. The van der Waals surface area contributed by atoms with Crippen molar-refractivity contribution in [2.45, 2.75) is 90.6 Å². The average molecular weight is 404 g/mol.